The third-order valence-corrected chi connectivity index (χ3v) is 11.0. The molecule has 0 unspecified atom stereocenters. The minimum absolute atomic E-state index is 0. The molecule has 1 aliphatic rings. The topological polar surface area (TPSA) is 172 Å². The average molecular weight is 776 g/mol. The van der Waals surface area contributed by atoms with Crippen LogP contribution in [0.5, 0.6) is 0 Å². The van der Waals surface area contributed by atoms with Crippen molar-refractivity contribution >= 4 is 64.7 Å². The lowest BCUT2D eigenvalue weighted by molar-refractivity contribution is -0.539. The Morgan fingerprint density at radius 1 is 0.712 bits per heavy atom. The first-order chi connectivity index (χ1) is 24.1. The molecule has 4 aromatic rings. The largest absolute Gasteiger partial charge is 0.744 e. The molecule has 0 atom stereocenters. The number of benzene rings is 4. The molecule has 0 heterocycles. The molecule has 52 heavy (non-hydrogen) atoms. The highest BCUT2D eigenvalue weighted by Crippen LogP contribution is 2.35. The second kappa shape index (κ2) is 16.7. The maximum atomic E-state index is 12.5. The Morgan fingerprint density at radius 2 is 1.31 bits per heavy atom. The van der Waals surface area contributed by atoms with Crippen molar-refractivity contribution in [1.29, 1.82) is 0 Å². The second-order valence-corrected chi connectivity index (χ2v) is 15.9. The molecule has 5 rings (SSSR count). The molecule has 15 heteroatoms. The van der Waals surface area contributed by atoms with Crippen LogP contribution in [0.4, 0.5) is 5.69 Å². The molecule has 0 saturated carbocycles. The van der Waals surface area contributed by atoms with Crippen LogP contribution in [-0.4, -0.2) is 79.6 Å². The SMILES string of the molecule is CCN(Cc1cccc(S(=O)(=O)[O-])c1)c1ccc(C(=C2C=CC(=[N+](CC)Cc3cccc(S(=O)(=O)O)c3)C=C2)c2ccccc2S(=O)(=O)O)cc1.[Al]. The summed E-state index contributed by atoms with van der Waals surface area (Å²) in [7, 11) is -13.6. The van der Waals surface area contributed by atoms with Crippen molar-refractivity contribution in [2.24, 2.45) is 0 Å². The van der Waals surface area contributed by atoms with Gasteiger partial charge in [-0.3, -0.25) is 9.11 Å². The molecule has 0 bridgehead atoms. The summed E-state index contributed by atoms with van der Waals surface area (Å²) in [5, 5.41) is 0. The summed E-state index contributed by atoms with van der Waals surface area (Å²) < 4.78 is 105. The third-order valence-electron chi connectivity index (χ3n) is 8.37. The first-order valence-corrected chi connectivity index (χ1v) is 20.1. The van der Waals surface area contributed by atoms with Crippen molar-refractivity contribution < 1.29 is 43.5 Å². The van der Waals surface area contributed by atoms with Crippen LogP contribution in [0.15, 0.2) is 142 Å². The second-order valence-electron chi connectivity index (χ2n) is 11.7. The van der Waals surface area contributed by atoms with Gasteiger partial charge in [0, 0.05) is 59.4 Å². The van der Waals surface area contributed by atoms with E-state index in [4.69, 9.17) is 0 Å². The van der Waals surface area contributed by atoms with Gasteiger partial charge in [-0.05, 0) is 90.7 Å². The van der Waals surface area contributed by atoms with E-state index in [0.29, 0.717) is 54.0 Å². The van der Waals surface area contributed by atoms with Gasteiger partial charge in [-0.1, -0.05) is 54.6 Å². The van der Waals surface area contributed by atoms with Gasteiger partial charge in [0.05, 0.1) is 9.79 Å². The fourth-order valence-electron chi connectivity index (χ4n) is 5.87. The van der Waals surface area contributed by atoms with Crippen molar-refractivity contribution in [3.8, 4) is 0 Å². The van der Waals surface area contributed by atoms with E-state index in [2.05, 4.69) is 0 Å². The molecule has 269 valence electrons. The van der Waals surface area contributed by atoms with Crippen LogP contribution >= 0.6 is 0 Å². The van der Waals surface area contributed by atoms with Crippen LogP contribution in [0.3, 0.4) is 0 Å². The highest BCUT2D eigenvalue weighted by molar-refractivity contribution is 7.86. The molecule has 0 aliphatic heterocycles. The smallest absolute Gasteiger partial charge is 0.295 e. The lowest BCUT2D eigenvalue weighted by atomic mass is 9.90. The highest BCUT2D eigenvalue weighted by atomic mass is 32.2. The van der Waals surface area contributed by atoms with E-state index in [1.807, 2.05) is 71.9 Å². The zero-order chi connectivity index (χ0) is 37.0. The Hall–Kier alpha value is -4.17. The molecule has 0 aromatic heterocycles. The van der Waals surface area contributed by atoms with Gasteiger partial charge in [0.15, 0.2) is 12.3 Å². The quantitative estimate of drug-likeness (QED) is 0.109. The Balaban J connectivity index is 0.00000605. The Kier molecular flexibility index (Phi) is 13.0. The lowest BCUT2D eigenvalue weighted by Crippen LogP contribution is -2.22. The average Bonchev–Trinajstić information content (AvgIpc) is 3.10. The lowest BCUT2D eigenvalue weighted by Gasteiger charge is -2.24. The molecule has 3 radical (unpaired) electrons. The molecule has 0 fully saturated rings. The summed E-state index contributed by atoms with van der Waals surface area (Å²) in [5.74, 6) is 0. The highest BCUT2D eigenvalue weighted by Gasteiger charge is 2.22. The van der Waals surface area contributed by atoms with Crippen LogP contribution < -0.4 is 4.90 Å². The van der Waals surface area contributed by atoms with Crippen molar-refractivity contribution in [3.63, 3.8) is 0 Å². The molecule has 4 aromatic carbocycles. The number of allylic oxidation sites excluding steroid dienone is 5. The van der Waals surface area contributed by atoms with Crippen LogP contribution in [0.1, 0.15) is 36.1 Å². The number of nitrogens with zero attached hydrogens (tertiary/aromatic N) is 2. The Labute approximate surface area is 315 Å². The zero-order valence-electron chi connectivity index (χ0n) is 28.3. The molecular weight excluding hydrogens is 740 g/mol. The summed E-state index contributed by atoms with van der Waals surface area (Å²) in [6, 6.07) is 25.5. The fraction of sp³-hybridized carbons (Fsp3) is 0.162. The van der Waals surface area contributed by atoms with Gasteiger partial charge in [-0.2, -0.15) is 16.8 Å². The number of hydrogen-bond donors (Lipinski definition) is 2. The molecule has 1 aliphatic carbocycles. The van der Waals surface area contributed by atoms with E-state index in [9.17, 15) is 38.9 Å². The van der Waals surface area contributed by atoms with Gasteiger partial charge in [0.25, 0.3) is 20.2 Å². The Morgan fingerprint density at radius 3 is 1.88 bits per heavy atom. The van der Waals surface area contributed by atoms with E-state index in [1.54, 1.807) is 30.3 Å². The maximum Gasteiger partial charge on any atom is 0.295 e. The first-order valence-electron chi connectivity index (χ1n) is 15.8. The molecule has 11 nitrogen and oxygen atoms in total. The van der Waals surface area contributed by atoms with Gasteiger partial charge in [-0.25, -0.2) is 13.0 Å². The minimum Gasteiger partial charge on any atom is -0.744 e. The van der Waals surface area contributed by atoms with E-state index >= 15 is 0 Å². The predicted molar refractivity (Wildman–Crippen MR) is 200 cm³/mol. The monoisotopic (exact) mass is 775 g/mol. The van der Waals surface area contributed by atoms with Crippen molar-refractivity contribution in [3.05, 3.63) is 149 Å². The van der Waals surface area contributed by atoms with Crippen molar-refractivity contribution in [2.45, 2.75) is 41.6 Å². The van der Waals surface area contributed by atoms with Crippen LogP contribution in [0.25, 0.3) is 5.57 Å². The summed E-state index contributed by atoms with van der Waals surface area (Å²) in [6.45, 7) is 5.71. The summed E-state index contributed by atoms with van der Waals surface area (Å²) in [4.78, 5) is 1.24. The standard InChI is InChI=1S/C37H36N2O9S3.Al/c1-3-38(25-27-9-7-11-33(23-27)49(40,41)42)31-19-15-29(16-20-31)37(35-13-5-6-14-36(35)51(46,47)48)30-17-21-32(22-18-30)39(4-2)26-28-10-8-12-34(24-28)50(43,44)45;/h5-24H,3-4,25-26H2,1-2H3,(H2-,40,41,42,43,44,45,46,47,48);. The van der Waals surface area contributed by atoms with Crippen LogP contribution in [0.2, 0.25) is 0 Å². The van der Waals surface area contributed by atoms with Gasteiger partial charge in [0.1, 0.15) is 21.6 Å². The molecule has 0 saturated heterocycles. The zero-order valence-corrected chi connectivity index (χ0v) is 31.9. The predicted octanol–water partition coefficient (Wildman–Crippen LogP) is 5.33. The van der Waals surface area contributed by atoms with Gasteiger partial charge >= 0.3 is 0 Å². The third kappa shape index (κ3) is 9.82. The van der Waals surface area contributed by atoms with E-state index in [0.717, 1.165) is 11.4 Å². The van der Waals surface area contributed by atoms with E-state index < -0.39 is 30.4 Å². The summed E-state index contributed by atoms with van der Waals surface area (Å²) in [6.07, 6.45) is 7.41. The van der Waals surface area contributed by atoms with Crippen LogP contribution in [0, 0.1) is 0 Å². The summed E-state index contributed by atoms with van der Waals surface area (Å²) in [5.41, 5.74) is 5.08. The fourth-order valence-corrected chi connectivity index (χ4v) is 7.66. The Bertz CT molecular complexity index is 2400. The van der Waals surface area contributed by atoms with Gasteiger partial charge in [0.2, 0.25) is 0 Å². The normalized spacial score (nSPS) is 13.1. The molecular formula is C37H36AlN2O9S3. The van der Waals surface area contributed by atoms with E-state index in [1.165, 1.54) is 42.5 Å². The van der Waals surface area contributed by atoms with Crippen molar-refractivity contribution in [2.75, 3.05) is 18.0 Å². The number of anilines is 1. The van der Waals surface area contributed by atoms with E-state index in [-0.39, 0.29) is 37.6 Å². The van der Waals surface area contributed by atoms with Gasteiger partial charge in [-0.15, -0.1) is 0 Å². The first kappa shape index (κ1) is 40.6. The number of hydrogen-bond acceptors (Lipinski definition) is 8. The molecule has 2 N–H and O–H groups in total. The maximum absolute atomic E-state index is 12.5. The van der Waals surface area contributed by atoms with Crippen LogP contribution in [-0.2, 0) is 43.4 Å². The molecule has 0 amide bonds. The molecule has 0 spiro atoms. The van der Waals surface area contributed by atoms with Gasteiger partial charge < -0.3 is 9.45 Å². The summed E-state index contributed by atoms with van der Waals surface area (Å²) >= 11 is 0. The van der Waals surface area contributed by atoms with Crippen molar-refractivity contribution in [1.82, 2.24) is 0 Å². The minimum atomic E-state index is -4.61. The number of rotatable bonds is 12.